The Hall–Kier alpha value is -2.68. The van der Waals surface area contributed by atoms with Crippen molar-refractivity contribution in [2.24, 2.45) is 0 Å². The molecule has 31 heavy (non-hydrogen) atoms. The molecule has 1 aliphatic heterocycles. The van der Waals surface area contributed by atoms with E-state index in [0.29, 0.717) is 17.1 Å². The van der Waals surface area contributed by atoms with Crippen LogP contribution in [0, 0.1) is 0 Å². The van der Waals surface area contributed by atoms with Crippen LogP contribution in [0.25, 0.3) is 0 Å². The first kappa shape index (κ1) is 23.0. The van der Waals surface area contributed by atoms with Gasteiger partial charge in [-0.15, -0.1) is 0 Å². The lowest BCUT2D eigenvalue weighted by Gasteiger charge is -2.41. The molecule has 7 nitrogen and oxygen atoms in total. The fourth-order valence-corrected chi connectivity index (χ4v) is 3.43. The van der Waals surface area contributed by atoms with Crippen molar-refractivity contribution in [2.45, 2.75) is 44.3 Å². The van der Waals surface area contributed by atoms with Crippen LogP contribution >= 0.6 is 0 Å². The standard InChI is InChI=1S/C23H27FO7/c1-14-19(28-4)20(31-23(25)16-7-11-18(27-3)12-8-16)21(22(24)30-14)29-13-15-5-9-17(26-2)10-6-15/h5-12,14,19-22H,13H2,1-4H3/t14-,19-,20-,21+,22?/m1/s1. The van der Waals surface area contributed by atoms with Crippen LogP contribution in [0.1, 0.15) is 22.8 Å². The summed E-state index contributed by atoms with van der Waals surface area (Å²) in [6.45, 7) is 1.76. The van der Waals surface area contributed by atoms with Gasteiger partial charge >= 0.3 is 5.97 Å². The van der Waals surface area contributed by atoms with Crippen molar-refractivity contribution in [1.82, 2.24) is 0 Å². The number of methoxy groups -OCH3 is 3. The van der Waals surface area contributed by atoms with Gasteiger partial charge in [-0.25, -0.2) is 9.18 Å². The van der Waals surface area contributed by atoms with Crippen LogP contribution in [-0.2, 0) is 25.6 Å². The van der Waals surface area contributed by atoms with Gasteiger partial charge in [-0.3, -0.25) is 0 Å². The van der Waals surface area contributed by atoms with Gasteiger partial charge in [-0.2, -0.15) is 0 Å². The van der Waals surface area contributed by atoms with E-state index in [1.54, 1.807) is 50.4 Å². The number of halogens is 1. The van der Waals surface area contributed by atoms with Crippen LogP contribution in [0.5, 0.6) is 11.5 Å². The third kappa shape index (κ3) is 5.52. The van der Waals surface area contributed by atoms with E-state index in [2.05, 4.69) is 0 Å². The largest absolute Gasteiger partial charge is 0.497 e. The Morgan fingerprint density at radius 3 is 2.03 bits per heavy atom. The SMILES string of the molecule is COc1ccc(CO[C@@H]2C(F)O[C@H](C)[C@@H](OC)[C@H]2OC(=O)c2ccc(OC)cc2)cc1. The zero-order valence-electron chi connectivity index (χ0n) is 17.9. The Bertz CT molecular complexity index is 840. The first-order valence-corrected chi connectivity index (χ1v) is 9.88. The van der Waals surface area contributed by atoms with Gasteiger partial charge in [0.1, 0.15) is 17.6 Å². The number of rotatable bonds is 8. The van der Waals surface area contributed by atoms with Crippen molar-refractivity contribution in [3.05, 3.63) is 59.7 Å². The number of hydrogen-bond acceptors (Lipinski definition) is 7. The summed E-state index contributed by atoms with van der Waals surface area (Å²) in [5.74, 6) is 0.692. The molecule has 0 N–H and O–H groups in total. The third-order valence-electron chi connectivity index (χ3n) is 5.16. The second-order valence-electron chi connectivity index (χ2n) is 7.11. The molecular weight excluding hydrogens is 407 g/mol. The van der Waals surface area contributed by atoms with Crippen molar-refractivity contribution in [3.8, 4) is 11.5 Å². The Labute approximate surface area is 181 Å². The fourth-order valence-electron chi connectivity index (χ4n) is 3.43. The van der Waals surface area contributed by atoms with Crippen LogP contribution in [0.15, 0.2) is 48.5 Å². The van der Waals surface area contributed by atoms with Gasteiger partial charge in [-0.05, 0) is 48.9 Å². The summed E-state index contributed by atoms with van der Waals surface area (Å²) in [4.78, 5) is 12.7. The lowest BCUT2D eigenvalue weighted by Crippen LogP contribution is -2.58. The van der Waals surface area contributed by atoms with E-state index in [1.807, 2.05) is 12.1 Å². The first-order chi connectivity index (χ1) is 15.0. The minimum Gasteiger partial charge on any atom is -0.497 e. The minimum absolute atomic E-state index is 0.0971. The van der Waals surface area contributed by atoms with E-state index >= 15 is 0 Å². The number of carbonyl (C=O) groups excluding carboxylic acids is 1. The van der Waals surface area contributed by atoms with Crippen molar-refractivity contribution in [3.63, 3.8) is 0 Å². The molecule has 1 saturated heterocycles. The molecule has 2 aromatic carbocycles. The Balaban J connectivity index is 1.75. The molecule has 2 aromatic rings. The molecule has 1 unspecified atom stereocenters. The molecule has 0 saturated carbocycles. The van der Waals surface area contributed by atoms with Gasteiger partial charge in [-0.1, -0.05) is 12.1 Å². The molecule has 3 rings (SSSR count). The van der Waals surface area contributed by atoms with Crippen molar-refractivity contribution in [1.29, 1.82) is 0 Å². The van der Waals surface area contributed by atoms with Crippen LogP contribution in [0.4, 0.5) is 4.39 Å². The summed E-state index contributed by atoms with van der Waals surface area (Å²) < 4.78 is 47.3. The number of ether oxygens (including phenoxy) is 6. The maximum absolute atomic E-state index is 14.8. The van der Waals surface area contributed by atoms with Gasteiger partial charge in [0.2, 0.25) is 6.36 Å². The van der Waals surface area contributed by atoms with Gasteiger partial charge in [0.25, 0.3) is 0 Å². The summed E-state index contributed by atoms with van der Waals surface area (Å²) in [7, 11) is 4.57. The second kappa shape index (κ2) is 10.6. The molecule has 1 aliphatic rings. The highest BCUT2D eigenvalue weighted by molar-refractivity contribution is 5.89. The van der Waals surface area contributed by atoms with Crippen molar-refractivity contribution < 1.29 is 37.6 Å². The van der Waals surface area contributed by atoms with Crippen LogP contribution in [0.3, 0.4) is 0 Å². The number of esters is 1. The van der Waals surface area contributed by atoms with Gasteiger partial charge in [0.15, 0.2) is 12.2 Å². The third-order valence-corrected chi connectivity index (χ3v) is 5.16. The highest BCUT2D eigenvalue weighted by Crippen LogP contribution is 2.30. The molecule has 0 amide bonds. The Morgan fingerprint density at radius 1 is 0.903 bits per heavy atom. The second-order valence-corrected chi connectivity index (χ2v) is 7.11. The maximum atomic E-state index is 14.8. The smallest absolute Gasteiger partial charge is 0.338 e. The molecule has 1 fully saturated rings. The van der Waals surface area contributed by atoms with Crippen LogP contribution < -0.4 is 9.47 Å². The monoisotopic (exact) mass is 434 g/mol. The molecule has 0 bridgehead atoms. The summed E-state index contributed by atoms with van der Waals surface area (Å²) >= 11 is 0. The fraction of sp³-hybridized carbons (Fsp3) is 0.435. The molecule has 0 aliphatic carbocycles. The number of benzene rings is 2. The van der Waals surface area contributed by atoms with Crippen LogP contribution in [-0.4, -0.2) is 58.1 Å². The van der Waals surface area contributed by atoms with Gasteiger partial charge in [0, 0.05) is 7.11 Å². The minimum atomic E-state index is -1.78. The summed E-state index contributed by atoms with van der Waals surface area (Å²) in [5, 5.41) is 0. The van der Waals surface area contributed by atoms with Crippen molar-refractivity contribution >= 4 is 5.97 Å². The average molecular weight is 434 g/mol. The van der Waals surface area contributed by atoms with E-state index in [-0.39, 0.29) is 6.61 Å². The molecule has 0 radical (unpaired) electrons. The number of alkyl halides is 1. The lowest BCUT2D eigenvalue weighted by atomic mass is 9.99. The Kier molecular flexibility index (Phi) is 7.84. The quantitative estimate of drug-likeness (QED) is 0.589. The zero-order valence-corrected chi connectivity index (χ0v) is 17.9. The average Bonchev–Trinajstić information content (AvgIpc) is 2.79. The molecule has 1 heterocycles. The normalized spacial score (nSPS) is 25.6. The highest BCUT2D eigenvalue weighted by Gasteiger charge is 2.48. The van der Waals surface area contributed by atoms with Crippen LogP contribution in [0.2, 0.25) is 0 Å². The van der Waals surface area contributed by atoms with Gasteiger partial charge in [0.05, 0.1) is 32.5 Å². The van der Waals surface area contributed by atoms with E-state index < -0.39 is 36.7 Å². The molecule has 8 heteroatoms. The zero-order chi connectivity index (χ0) is 22.4. The lowest BCUT2D eigenvalue weighted by molar-refractivity contribution is -0.270. The topological polar surface area (TPSA) is 72.5 Å². The first-order valence-electron chi connectivity index (χ1n) is 9.88. The van der Waals surface area contributed by atoms with Crippen molar-refractivity contribution in [2.75, 3.05) is 21.3 Å². The van der Waals surface area contributed by atoms with E-state index in [4.69, 9.17) is 28.4 Å². The van der Waals surface area contributed by atoms with E-state index in [0.717, 1.165) is 5.56 Å². The molecule has 168 valence electrons. The molecule has 0 spiro atoms. The Morgan fingerprint density at radius 2 is 1.48 bits per heavy atom. The predicted octanol–water partition coefficient (Wildman–Crippen LogP) is 3.54. The maximum Gasteiger partial charge on any atom is 0.338 e. The van der Waals surface area contributed by atoms with E-state index in [9.17, 15) is 9.18 Å². The van der Waals surface area contributed by atoms with E-state index in [1.165, 1.54) is 14.2 Å². The predicted molar refractivity (Wildman–Crippen MR) is 110 cm³/mol. The molecule has 5 atom stereocenters. The summed E-state index contributed by atoms with van der Waals surface area (Å²) in [6, 6.07) is 13.6. The number of carbonyl (C=O) groups is 1. The summed E-state index contributed by atoms with van der Waals surface area (Å²) in [5.41, 5.74) is 1.11. The highest BCUT2D eigenvalue weighted by atomic mass is 19.1. The number of hydrogen-bond donors (Lipinski definition) is 0. The summed E-state index contributed by atoms with van der Waals surface area (Å²) in [6.07, 6.45) is -5.28. The van der Waals surface area contributed by atoms with Gasteiger partial charge < -0.3 is 28.4 Å². The molecular formula is C23H27FO7. The molecule has 0 aromatic heterocycles.